The number of para-hydroxylation sites is 1. The lowest BCUT2D eigenvalue weighted by atomic mass is 10.2. The van der Waals surface area contributed by atoms with E-state index in [1.54, 1.807) is 22.7 Å². The third-order valence-electron chi connectivity index (χ3n) is 6.33. The lowest BCUT2D eigenvalue weighted by Gasteiger charge is -2.28. The summed E-state index contributed by atoms with van der Waals surface area (Å²) < 4.78 is 12.7. The summed E-state index contributed by atoms with van der Waals surface area (Å²) in [6.45, 7) is 2.87. The van der Waals surface area contributed by atoms with Gasteiger partial charge in [0.05, 0.1) is 29.3 Å². The van der Waals surface area contributed by atoms with E-state index in [9.17, 15) is 4.79 Å². The van der Waals surface area contributed by atoms with E-state index < -0.39 is 0 Å². The summed E-state index contributed by atoms with van der Waals surface area (Å²) in [4.78, 5) is 23.9. The molecule has 0 spiro atoms. The summed E-state index contributed by atoms with van der Waals surface area (Å²) in [5.41, 5.74) is 1.87. The Morgan fingerprint density at radius 3 is 2.82 bits per heavy atom. The average Bonchev–Trinajstić information content (AvgIpc) is 3.62. The maximum Gasteiger partial charge on any atom is 0.241 e. The van der Waals surface area contributed by atoms with Gasteiger partial charge in [-0.05, 0) is 55.1 Å². The number of thiazole rings is 1. The molecule has 8 heteroatoms. The average molecular weight is 492 g/mol. The van der Waals surface area contributed by atoms with Crippen molar-refractivity contribution in [2.45, 2.75) is 25.4 Å². The van der Waals surface area contributed by atoms with Gasteiger partial charge in [-0.3, -0.25) is 9.69 Å². The molecule has 2 aromatic heterocycles. The fraction of sp³-hybridized carbons (Fsp3) is 0.308. The zero-order valence-corrected chi connectivity index (χ0v) is 20.3. The Morgan fingerprint density at radius 1 is 1.09 bits per heavy atom. The van der Waals surface area contributed by atoms with E-state index in [1.165, 1.54) is 4.70 Å². The molecule has 174 valence electrons. The monoisotopic (exact) mass is 491 g/mol. The number of carbonyl (C=O) groups excluding carboxylic acids is 1. The molecule has 34 heavy (non-hydrogen) atoms. The molecule has 6 rings (SSSR count). The van der Waals surface area contributed by atoms with Gasteiger partial charge < -0.3 is 14.4 Å². The second-order valence-corrected chi connectivity index (χ2v) is 10.6. The van der Waals surface area contributed by atoms with Crippen LogP contribution >= 0.6 is 22.7 Å². The number of thiophene rings is 1. The topological polar surface area (TPSA) is 54.9 Å². The zero-order valence-electron chi connectivity index (χ0n) is 18.7. The molecular weight excluding hydrogens is 466 g/mol. The van der Waals surface area contributed by atoms with Gasteiger partial charge in [0.25, 0.3) is 0 Å². The molecule has 0 N–H and O–H groups in total. The van der Waals surface area contributed by atoms with Gasteiger partial charge in [0.2, 0.25) is 5.91 Å². The number of nitrogens with zero attached hydrogens (tertiary/aromatic N) is 3. The lowest BCUT2D eigenvalue weighted by molar-refractivity contribution is -0.120. The van der Waals surface area contributed by atoms with Crippen LogP contribution in [0.2, 0.25) is 0 Å². The van der Waals surface area contributed by atoms with Gasteiger partial charge in [-0.25, -0.2) is 4.98 Å². The maximum absolute atomic E-state index is 13.7. The number of fused-ring (bicyclic) bond motifs is 2. The highest BCUT2D eigenvalue weighted by Gasteiger charge is 2.32. The minimum absolute atomic E-state index is 0.0816. The molecule has 1 saturated heterocycles. The van der Waals surface area contributed by atoms with Crippen LogP contribution in [0.4, 0.5) is 5.69 Å². The number of aromatic nitrogens is 1. The quantitative estimate of drug-likeness (QED) is 0.357. The first-order valence-electron chi connectivity index (χ1n) is 11.6. The van der Waals surface area contributed by atoms with E-state index in [0.717, 1.165) is 46.2 Å². The fourth-order valence-corrected chi connectivity index (χ4v) is 6.50. The minimum Gasteiger partial charge on any atom is -0.486 e. The normalized spacial score (nSPS) is 17.8. The van der Waals surface area contributed by atoms with Crippen molar-refractivity contribution in [2.24, 2.45) is 0 Å². The fourth-order valence-electron chi connectivity index (χ4n) is 4.67. The molecule has 1 atom stereocenters. The predicted octanol–water partition coefficient (Wildman–Crippen LogP) is 5.50. The van der Waals surface area contributed by atoms with Crippen molar-refractivity contribution in [3.8, 4) is 11.5 Å². The van der Waals surface area contributed by atoms with Crippen LogP contribution in [0.25, 0.3) is 10.2 Å². The number of carbonyl (C=O) groups is 1. The molecule has 6 nitrogen and oxygen atoms in total. The Labute approximate surface area is 206 Å². The van der Waals surface area contributed by atoms with E-state index in [0.29, 0.717) is 32.1 Å². The molecule has 1 amide bonds. The van der Waals surface area contributed by atoms with Crippen LogP contribution in [0.5, 0.6) is 11.5 Å². The van der Waals surface area contributed by atoms with Crippen LogP contribution < -0.4 is 14.4 Å². The minimum atomic E-state index is 0.0816. The summed E-state index contributed by atoms with van der Waals surface area (Å²) in [5, 5.41) is 3.15. The van der Waals surface area contributed by atoms with Crippen LogP contribution in [0, 0.1) is 0 Å². The van der Waals surface area contributed by atoms with Crippen molar-refractivity contribution < 1.29 is 14.3 Å². The van der Waals surface area contributed by atoms with Gasteiger partial charge in [0, 0.05) is 16.6 Å². The third kappa shape index (κ3) is 4.29. The van der Waals surface area contributed by atoms with E-state index in [-0.39, 0.29) is 11.9 Å². The lowest BCUT2D eigenvalue weighted by Crippen LogP contribution is -2.40. The van der Waals surface area contributed by atoms with Crippen molar-refractivity contribution in [3.05, 3.63) is 69.9 Å². The molecule has 0 aliphatic carbocycles. The van der Waals surface area contributed by atoms with Gasteiger partial charge in [0.1, 0.15) is 18.2 Å². The maximum atomic E-state index is 13.7. The van der Waals surface area contributed by atoms with Crippen molar-refractivity contribution >= 4 is 44.5 Å². The Morgan fingerprint density at radius 2 is 1.97 bits per heavy atom. The van der Waals surface area contributed by atoms with Gasteiger partial charge in [-0.1, -0.05) is 18.2 Å². The second-order valence-electron chi connectivity index (χ2n) is 8.54. The van der Waals surface area contributed by atoms with Gasteiger partial charge >= 0.3 is 0 Å². The molecule has 0 bridgehead atoms. The smallest absolute Gasteiger partial charge is 0.241 e. The summed E-state index contributed by atoms with van der Waals surface area (Å²) in [6.07, 6.45) is 2.10. The number of likely N-dealkylation sites (tertiary alicyclic amines) is 1. The number of hydrogen-bond acceptors (Lipinski definition) is 7. The molecule has 1 fully saturated rings. The summed E-state index contributed by atoms with van der Waals surface area (Å²) >= 11 is 3.41. The Bertz CT molecular complexity index is 1270. The highest BCUT2D eigenvalue weighted by molar-refractivity contribution is 7.18. The molecule has 2 aliphatic rings. The van der Waals surface area contributed by atoms with E-state index in [2.05, 4.69) is 29.2 Å². The number of rotatable bonds is 6. The van der Waals surface area contributed by atoms with Crippen molar-refractivity contribution in [3.63, 3.8) is 0 Å². The molecule has 2 aromatic carbocycles. The number of hydrogen-bond donors (Lipinski definition) is 0. The van der Waals surface area contributed by atoms with Crippen LogP contribution in [0.1, 0.15) is 28.8 Å². The first-order chi connectivity index (χ1) is 16.7. The van der Waals surface area contributed by atoms with Crippen LogP contribution in [0.15, 0.2) is 60.0 Å². The number of amides is 1. The zero-order chi connectivity index (χ0) is 22.9. The molecule has 0 saturated carbocycles. The molecule has 0 radical (unpaired) electrons. The highest BCUT2D eigenvalue weighted by atomic mass is 32.1. The predicted molar refractivity (Wildman–Crippen MR) is 136 cm³/mol. The standard InChI is InChI=1S/C26H25N3O3S2/c30-25(17-28-11-3-7-21(28)26-27-20-6-1-2-8-24(20)34-26)29(16-19-5-4-14-33-19)18-9-10-22-23(15-18)32-13-12-31-22/h1-2,4-6,8-10,14-15,21H,3,7,11-13,16-17H2. The summed E-state index contributed by atoms with van der Waals surface area (Å²) in [7, 11) is 0. The Kier molecular flexibility index (Phi) is 5.95. The molecule has 2 aliphatic heterocycles. The first kappa shape index (κ1) is 21.6. The number of ether oxygens (including phenoxy) is 2. The second kappa shape index (κ2) is 9.37. The SMILES string of the molecule is O=C(CN1CCCC1c1nc2ccccc2s1)N(Cc1cccs1)c1ccc2c(c1)OCCO2. The Balaban J connectivity index is 1.26. The third-order valence-corrected chi connectivity index (χ3v) is 8.33. The molecular formula is C26H25N3O3S2. The number of anilines is 1. The van der Waals surface area contributed by atoms with E-state index >= 15 is 0 Å². The van der Waals surface area contributed by atoms with E-state index in [1.807, 2.05) is 40.6 Å². The Hall–Kier alpha value is -2.94. The molecule has 4 heterocycles. The summed E-state index contributed by atoms with van der Waals surface area (Å²) in [5.74, 6) is 1.51. The van der Waals surface area contributed by atoms with Crippen molar-refractivity contribution in [2.75, 3.05) is 31.2 Å². The van der Waals surface area contributed by atoms with E-state index in [4.69, 9.17) is 14.5 Å². The van der Waals surface area contributed by atoms with Crippen LogP contribution in [0.3, 0.4) is 0 Å². The summed E-state index contributed by atoms with van der Waals surface area (Å²) in [6, 6.07) is 18.3. The van der Waals surface area contributed by atoms with Gasteiger partial charge in [-0.2, -0.15) is 0 Å². The van der Waals surface area contributed by atoms with Crippen LogP contribution in [-0.4, -0.2) is 42.1 Å². The van der Waals surface area contributed by atoms with Gasteiger partial charge in [0.15, 0.2) is 11.5 Å². The van der Waals surface area contributed by atoms with Crippen LogP contribution in [-0.2, 0) is 11.3 Å². The highest BCUT2D eigenvalue weighted by Crippen LogP contribution is 2.38. The van der Waals surface area contributed by atoms with Crippen molar-refractivity contribution in [1.29, 1.82) is 0 Å². The largest absolute Gasteiger partial charge is 0.486 e. The molecule has 1 unspecified atom stereocenters. The molecule has 4 aromatic rings. The van der Waals surface area contributed by atoms with Crippen molar-refractivity contribution in [1.82, 2.24) is 9.88 Å². The number of benzene rings is 2. The van der Waals surface area contributed by atoms with Gasteiger partial charge in [-0.15, -0.1) is 22.7 Å². The first-order valence-corrected chi connectivity index (χ1v) is 13.3.